The number of halogens is 1. The van der Waals surface area contributed by atoms with E-state index in [1.807, 2.05) is 36.4 Å². The molecule has 0 saturated carbocycles. The molecule has 0 radical (unpaired) electrons. The monoisotopic (exact) mass is 286 g/mol. The second-order valence-corrected chi connectivity index (χ2v) is 4.91. The first kappa shape index (κ1) is 13.6. The van der Waals surface area contributed by atoms with Crippen LogP contribution in [0.4, 0.5) is 4.39 Å². The summed E-state index contributed by atoms with van der Waals surface area (Å²) in [5.74, 6) is -0.255. The van der Waals surface area contributed by atoms with Crippen LogP contribution < -0.4 is 4.74 Å². The summed E-state index contributed by atoms with van der Waals surface area (Å²) >= 11 is 0. The van der Waals surface area contributed by atoms with Gasteiger partial charge in [0.15, 0.2) is 0 Å². The van der Waals surface area contributed by atoms with Crippen molar-refractivity contribution in [1.29, 1.82) is 0 Å². The highest BCUT2D eigenvalue weighted by atomic mass is 19.1. The summed E-state index contributed by atoms with van der Waals surface area (Å²) in [5, 5.41) is 0. The highest BCUT2D eigenvalue weighted by Crippen LogP contribution is 2.44. The Morgan fingerprint density at radius 1 is 1.19 bits per heavy atom. The SMILES string of the molecule is COC(=O)c1cccc2c1OC(CF)C2c1ccccc1. The van der Waals surface area contributed by atoms with Crippen molar-refractivity contribution in [1.82, 2.24) is 0 Å². The maximum atomic E-state index is 13.4. The molecule has 0 bridgehead atoms. The Kier molecular flexibility index (Phi) is 3.60. The van der Waals surface area contributed by atoms with Crippen molar-refractivity contribution >= 4 is 5.97 Å². The molecule has 2 atom stereocenters. The molecule has 2 aromatic carbocycles. The number of rotatable bonds is 3. The van der Waals surface area contributed by atoms with Gasteiger partial charge in [0.05, 0.1) is 13.0 Å². The number of esters is 1. The predicted molar refractivity (Wildman–Crippen MR) is 76.5 cm³/mol. The molecule has 2 unspecified atom stereocenters. The molecular formula is C17H15FO3. The van der Waals surface area contributed by atoms with Crippen molar-refractivity contribution in [3.05, 3.63) is 65.2 Å². The van der Waals surface area contributed by atoms with Gasteiger partial charge in [-0.25, -0.2) is 9.18 Å². The van der Waals surface area contributed by atoms with Gasteiger partial charge in [0.25, 0.3) is 0 Å². The molecule has 4 heteroatoms. The van der Waals surface area contributed by atoms with Crippen LogP contribution in [-0.2, 0) is 4.74 Å². The first-order chi connectivity index (χ1) is 10.3. The van der Waals surface area contributed by atoms with E-state index in [0.717, 1.165) is 11.1 Å². The topological polar surface area (TPSA) is 35.5 Å². The molecule has 108 valence electrons. The summed E-state index contributed by atoms with van der Waals surface area (Å²) in [5.41, 5.74) is 2.14. The third-order valence-corrected chi connectivity index (χ3v) is 3.74. The van der Waals surface area contributed by atoms with Crippen LogP contribution in [0.5, 0.6) is 5.75 Å². The van der Waals surface area contributed by atoms with E-state index in [4.69, 9.17) is 9.47 Å². The fourth-order valence-corrected chi connectivity index (χ4v) is 2.80. The van der Waals surface area contributed by atoms with E-state index < -0.39 is 18.7 Å². The van der Waals surface area contributed by atoms with Gasteiger partial charge in [0.2, 0.25) is 0 Å². The Labute approximate surface area is 122 Å². The summed E-state index contributed by atoms with van der Waals surface area (Å²) in [4.78, 5) is 11.8. The lowest BCUT2D eigenvalue weighted by molar-refractivity contribution is 0.0593. The zero-order valence-corrected chi connectivity index (χ0v) is 11.6. The minimum atomic E-state index is -0.617. The second kappa shape index (κ2) is 5.56. The lowest BCUT2D eigenvalue weighted by Gasteiger charge is -2.16. The first-order valence-electron chi connectivity index (χ1n) is 6.75. The summed E-state index contributed by atoms with van der Waals surface area (Å²) < 4.78 is 23.8. The van der Waals surface area contributed by atoms with Crippen molar-refractivity contribution < 1.29 is 18.7 Å². The number of hydrogen-bond acceptors (Lipinski definition) is 3. The maximum Gasteiger partial charge on any atom is 0.341 e. The molecule has 1 heterocycles. The van der Waals surface area contributed by atoms with E-state index in [0.29, 0.717) is 11.3 Å². The highest BCUT2D eigenvalue weighted by molar-refractivity contribution is 5.93. The molecule has 0 spiro atoms. The van der Waals surface area contributed by atoms with Gasteiger partial charge >= 0.3 is 5.97 Å². The van der Waals surface area contributed by atoms with Gasteiger partial charge in [-0.3, -0.25) is 0 Å². The molecule has 0 aromatic heterocycles. The zero-order chi connectivity index (χ0) is 14.8. The third kappa shape index (κ3) is 2.27. The minimum Gasteiger partial charge on any atom is -0.485 e. The van der Waals surface area contributed by atoms with Gasteiger partial charge in [-0.15, -0.1) is 0 Å². The van der Waals surface area contributed by atoms with E-state index in [1.54, 1.807) is 12.1 Å². The number of methoxy groups -OCH3 is 1. The van der Waals surface area contributed by atoms with Crippen LogP contribution in [-0.4, -0.2) is 25.9 Å². The summed E-state index contributed by atoms with van der Waals surface area (Å²) in [6.07, 6.45) is -0.617. The van der Waals surface area contributed by atoms with Gasteiger partial charge < -0.3 is 9.47 Å². The normalized spacial score (nSPS) is 19.7. The fraction of sp³-hybridized carbons (Fsp3) is 0.235. The molecule has 0 aliphatic carbocycles. The summed E-state index contributed by atoms with van der Waals surface area (Å²) in [7, 11) is 1.32. The quantitative estimate of drug-likeness (QED) is 0.812. The minimum absolute atomic E-state index is 0.212. The Hall–Kier alpha value is -2.36. The van der Waals surface area contributed by atoms with Crippen LogP contribution in [0.3, 0.4) is 0 Å². The van der Waals surface area contributed by atoms with Crippen LogP contribution >= 0.6 is 0 Å². The molecule has 2 aromatic rings. The average Bonchev–Trinajstić information content (AvgIpc) is 2.93. The fourth-order valence-electron chi connectivity index (χ4n) is 2.80. The maximum absolute atomic E-state index is 13.4. The largest absolute Gasteiger partial charge is 0.485 e. The van der Waals surface area contributed by atoms with Gasteiger partial charge in [0.1, 0.15) is 24.1 Å². The lowest BCUT2D eigenvalue weighted by atomic mass is 9.88. The lowest BCUT2D eigenvalue weighted by Crippen LogP contribution is -2.22. The third-order valence-electron chi connectivity index (χ3n) is 3.74. The van der Waals surface area contributed by atoms with Crippen LogP contribution in [0.2, 0.25) is 0 Å². The molecule has 0 fully saturated rings. The van der Waals surface area contributed by atoms with Crippen LogP contribution in [0.25, 0.3) is 0 Å². The first-order valence-corrected chi connectivity index (χ1v) is 6.75. The molecular weight excluding hydrogens is 271 g/mol. The van der Waals surface area contributed by atoms with Crippen LogP contribution in [0.15, 0.2) is 48.5 Å². The van der Waals surface area contributed by atoms with Crippen molar-refractivity contribution in [2.24, 2.45) is 0 Å². The molecule has 1 aliphatic rings. The smallest absolute Gasteiger partial charge is 0.341 e. The molecule has 0 saturated heterocycles. The van der Waals surface area contributed by atoms with Gasteiger partial charge in [-0.1, -0.05) is 42.5 Å². The van der Waals surface area contributed by atoms with E-state index in [9.17, 15) is 9.18 Å². The predicted octanol–water partition coefficient (Wildman–Crippen LogP) is 3.34. The Morgan fingerprint density at radius 2 is 1.95 bits per heavy atom. The molecule has 21 heavy (non-hydrogen) atoms. The molecule has 0 N–H and O–H groups in total. The average molecular weight is 286 g/mol. The van der Waals surface area contributed by atoms with Gasteiger partial charge in [-0.05, 0) is 11.6 Å². The number of carbonyl (C=O) groups is 1. The van der Waals surface area contributed by atoms with Crippen LogP contribution in [0, 0.1) is 0 Å². The van der Waals surface area contributed by atoms with Crippen LogP contribution in [0.1, 0.15) is 27.4 Å². The Morgan fingerprint density at radius 3 is 2.62 bits per heavy atom. The van der Waals surface area contributed by atoms with Gasteiger partial charge in [0, 0.05) is 5.56 Å². The standard InChI is InChI=1S/C17H15FO3/c1-20-17(19)13-9-5-8-12-15(11-6-3-2-4-7-11)14(10-18)21-16(12)13/h2-9,14-15H,10H2,1H3. The van der Waals surface area contributed by atoms with E-state index in [2.05, 4.69) is 0 Å². The number of ether oxygens (including phenoxy) is 2. The van der Waals surface area contributed by atoms with Crippen molar-refractivity contribution in [3.63, 3.8) is 0 Å². The number of hydrogen-bond donors (Lipinski definition) is 0. The molecule has 3 nitrogen and oxygen atoms in total. The molecule has 3 rings (SSSR count). The van der Waals surface area contributed by atoms with E-state index in [1.165, 1.54) is 7.11 Å². The zero-order valence-electron chi connectivity index (χ0n) is 11.6. The molecule has 0 amide bonds. The van der Waals surface area contributed by atoms with Crippen molar-refractivity contribution in [2.45, 2.75) is 12.0 Å². The van der Waals surface area contributed by atoms with Crippen molar-refractivity contribution in [2.75, 3.05) is 13.8 Å². The summed E-state index contributed by atoms with van der Waals surface area (Å²) in [6.45, 7) is -0.616. The molecule has 1 aliphatic heterocycles. The summed E-state index contributed by atoms with van der Waals surface area (Å²) in [6, 6.07) is 14.9. The van der Waals surface area contributed by atoms with E-state index >= 15 is 0 Å². The Bertz CT molecular complexity index is 654. The van der Waals surface area contributed by atoms with Crippen molar-refractivity contribution in [3.8, 4) is 5.75 Å². The number of carbonyl (C=O) groups excluding carboxylic acids is 1. The second-order valence-electron chi connectivity index (χ2n) is 4.91. The van der Waals surface area contributed by atoms with E-state index in [-0.39, 0.29) is 5.92 Å². The highest BCUT2D eigenvalue weighted by Gasteiger charge is 2.38. The number of benzene rings is 2. The number of para-hydroxylation sites is 1. The number of alkyl halides is 1. The van der Waals surface area contributed by atoms with Gasteiger partial charge in [-0.2, -0.15) is 0 Å². The number of fused-ring (bicyclic) bond motifs is 1. The Balaban J connectivity index is 2.11.